The van der Waals surface area contributed by atoms with Gasteiger partial charge in [-0.05, 0) is 5.53 Å². The summed E-state index contributed by atoms with van der Waals surface area (Å²) in [5.41, 5.74) is 14.2. The Kier molecular flexibility index (Phi) is 8.30. The van der Waals surface area contributed by atoms with Gasteiger partial charge in [0.1, 0.15) is 30.2 Å². The predicted octanol–water partition coefficient (Wildman–Crippen LogP) is -0.226. The lowest BCUT2D eigenvalue weighted by molar-refractivity contribution is -0.0503. The number of nitrogens with zero attached hydrogens (tertiary/aromatic N) is 7. The number of rotatable bonds is 11. The summed E-state index contributed by atoms with van der Waals surface area (Å²) in [7, 11) is -15.9. The molecule has 0 aromatic carbocycles. The predicted molar refractivity (Wildman–Crippen MR) is 112 cm³/mol. The number of ether oxygens (including phenoxy) is 1. The second kappa shape index (κ2) is 10.5. The monoisotopic (exact) mass is 560 g/mol. The number of aliphatic hydroxyl groups is 2. The number of nitrogen functional groups attached to an aromatic ring is 1. The molecule has 0 spiro atoms. The van der Waals surface area contributed by atoms with E-state index in [0.29, 0.717) is 0 Å². The Morgan fingerprint density at radius 2 is 1.86 bits per heavy atom. The molecule has 0 saturated carbocycles. The first-order chi connectivity index (χ1) is 16.3. The van der Waals surface area contributed by atoms with E-state index in [0.717, 1.165) is 6.33 Å². The van der Waals surface area contributed by atoms with Gasteiger partial charge in [-0.15, -0.1) is 0 Å². The maximum absolute atomic E-state index is 12.1. The van der Waals surface area contributed by atoms with Crippen LogP contribution in [-0.2, 0) is 31.6 Å². The summed E-state index contributed by atoms with van der Waals surface area (Å²) in [5, 5.41) is 23.5. The molecule has 1 fully saturated rings. The van der Waals surface area contributed by atoms with E-state index in [1.165, 1.54) is 10.9 Å². The Hall–Kier alpha value is -2.01. The molecule has 2 aromatic heterocycles. The lowest BCUT2D eigenvalue weighted by atomic mass is 10.1. The van der Waals surface area contributed by atoms with Crippen molar-refractivity contribution in [3.8, 4) is 0 Å². The van der Waals surface area contributed by atoms with E-state index in [1.54, 1.807) is 0 Å². The van der Waals surface area contributed by atoms with E-state index >= 15 is 0 Å². The summed E-state index contributed by atoms with van der Waals surface area (Å²) < 4.78 is 54.8. The number of hydrogen-bond acceptors (Lipinski definition) is 14. The molecule has 0 amide bonds. The Morgan fingerprint density at radius 1 is 1.14 bits per heavy atom. The van der Waals surface area contributed by atoms with Gasteiger partial charge >= 0.3 is 23.2 Å². The van der Waals surface area contributed by atoms with E-state index in [9.17, 15) is 38.6 Å². The Labute approximate surface area is 194 Å². The van der Waals surface area contributed by atoms with Gasteiger partial charge in [-0.25, -0.2) is 28.4 Å². The van der Waals surface area contributed by atoms with Crippen LogP contribution in [0.1, 0.15) is 6.23 Å². The largest absolute Gasteiger partial charge is 0.488 e. The molecule has 1 saturated heterocycles. The Balaban J connectivity index is 1.63. The van der Waals surface area contributed by atoms with Crippen molar-refractivity contribution >= 4 is 40.2 Å². The maximum Gasteiger partial charge on any atom is 0.488 e. The van der Waals surface area contributed by atoms with Crippen LogP contribution in [0.2, 0.25) is 0 Å². The number of anilines is 1. The lowest BCUT2D eigenvalue weighted by Gasteiger charge is -2.20. The average Bonchev–Trinajstić information content (AvgIpc) is 3.27. The molecule has 35 heavy (non-hydrogen) atoms. The molecule has 194 valence electrons. The molecule has 3 rings (SSSR count). The van der Waals surface area contributed by atoms with Crippen LogP contribution in [0.3, 0.4) is 0 Å². The highest BCUT2D eigenvalue weighted by molar-refractivity contribution is 7.68. The first-order valence-corrected chi connectivity index (χ1v) is 14.0. The number of hydrogen-bond donors (Lipinski definition) is 6. The normalized spacial score (nSPS) is 27.6. The van der Waals surface area contributed by atoms with Crippen molar-refractivity contribution in [2.24, 2.45) is 5.11 Å². The fourth-order valence-corrected chi connectivity index (χ4v) is 6.82. The van der Waals surface area contributed by atoms with Crippen LogP contribution in [0.25, 0.3) is 21.6 Å². The van der Waals surface area contributed by atoms with Crippen molar-refractivity contribution in [1.82, 2.24) is 19.5 Å². The van der Waals surface area contributed by atoms with Gasteiger partial charge in [0.15, 0.2) is 17.7 Å². The first-order valence-electron chi connectivity index (χ1n) is 9.25. The molecule has 4 unspecified atom stereocenters. The summed E-state index contributed by atoms with van der Waals surface area (Å²) in [6, 6.07) is 0. The van der Waals surface area contributed by atoms with E-state index in [4.69, 9.17) is 16.0 Å². The molecule has 0 radical (unpaired) electrons. The highest BCUT2D eigenvalue weighted by Crippen LogP contribution is 2.67. The van der Waals surface area contributed by atoms with Crippen LogP contribution in [-0.4, -0.2) is 82.0 Å². The van der Waals surface area contributed by atoms with E-state index in [2.05, 4.69) is 38.1 Å². The van der Waals surface area contributed by atoms with Gasteiger partial charge in [-0.3, -0.25) is 13.7 Å². The third-order valence-corrected chi connectivity index (χ3v) is 9.12. The number of fused-ring (bicyclic) bond motifs is 1. The molecule has 7 N–H and O–H groups in total. The van der Waals surface area contributed by atoms with Gasteiger partial charge in [0.2, 0.25) is 0 Å². The molecule has 7 atom stereocenters. The topological polar surface area (TPSA) is 308 Å². The highest BCUT2D eigenvalue weighted by atomic mass is 31.3. The summed E-state index contributed by atoms with van der Waals surface area (Å²) in [4.78, 5) is 42.7. The molecule has 0 bridgehead atoms. The summed E-state index contributed by atoms with van der Waals surface area (Å²) in [6.07, 6.45) is -4.57. The van der Waals surface area contributed by atoms with Crippen LogP contribution in [0.4, 0.5) is 5.82 Å². The zero-order valence-corrected chi connectivity index (χ0v) is 19.9. The van der Waals surface area contributed by atoms with Crippen LogP contribution in [0.15, 0.2) is 17.8 Å². The molecule has 23 heteroatoms. The van der Waals surface area contributed by atoms with Gasteiger partial charge in [-0.2, -0.15) is 4.31 Å². The second-order valence-corrected chi connectivity index (χ2v) is 12.0. The van der Waals surface area contributed by atoms with Crippen molar-refractivity contribution in [3.63, 3.8) is 0 Å². The van der Waals surface area contributed by atoms with Gasteiger partial charge in [-0.1, -0.05) is 5.11 Å². The number of aromatic nitrogens is 4. The van der Waals surface area contributed by atoms with E-state index < -0.39 is 67.1 Å². The van der Waals surface area contributed by atoms with Crippen LogP contribution >= 0.6 is 23.2 Å². The van der Waals surface area contributed by atoms with Crippen molar-refractivity contribution in [2.45, 2.75) is 24.5 Å². The number of phosphoric acid groups is 2. The molecule has 1 aliphatic heterocycles. The molecular formula is C12H19N8O12P3. The number of imidazole rings is 1. The Bertz CT molecular complexity index is 1270. The zero-order valence-electron chi connectivity index (χ0n) is 17.2. The highest BCUT2D eigenvalue weighted by Gasteiger charge is 2.47. The minimum Gasteiger partial charge on any atom is -0.387 e. The third kappa shape index (κ3) is 6.81. The molecule has 20 nitrogen and oxygen atoms in total. The second-order valence-electron chi connectivity index (χ2n) is 6.84. The van der Waals surface area contributed by atoms with Crippen molar-refractivity contribution in [2.75, 3.05) is 25.0 Å². The Morgan fingerprint density at radius 3 is 2.54 bits per heavy atom. The smallest absolute Gasteiger partial charge is 0.387 e. The SMILES string of the molecule is [N-]=[N+]=NCCP(=O)(O)OP(=O)(O)OP(=O)(O)OC[C@H]1O[C@@H](n2cnc3c(N)ncnc32)C(O)[C@H]1O. The molecule has 2 aromatic rings. The lowest BCUT2D eigenvalue weighted by Crippen LogP contribution is -2.33. The number of phosphoric ester groups is 1. The summed E-state index contributed by atoms with van der Waals surface area (Å²) in [5.74, 6) is 0.0425. The quantitative estimate of drug-likeness (QED) is 0.0894. The zero-order chi connectivity index (χ0) is 26.0. The fraction of sp³-hybridized carbons (Fsp3) is 0.583. The number of aliphatic hydroxyl groups excluding tert-OH is 2. The summed E-state index contributed by atoms with van der Waals surface area (Å²) in [6.45, 7) is -1.53. The van der Waals surface area contributed by atoms with Crippen molar-refractivity contribution in [1.29, 1.82) is 0 Å². The van der Waals surface area contributed by atoms with Crippen LogP contribution in [0.5, 0.6) is 0 Å². The third-order valence-electron chi connectivity index (χ3n) is 4.38. The van der Waals surface area contributed by atoms with Gasteiger partial charge < -0.3 is 35.4 Å². The van der Waals surface area contributed by atoms with Crippen molar-refractivity contribution < 1.29 is 56.5 Å². The van der Waals surface area contributed by atoms with Crippen LogP contribution < -0.4 is 5.73 Å². The van der Waals surface area contributed by atoms with E-state index in [1.807, 2.05) is 0 Å². The van der Waals surface area contributed by atoms with Crippen molar-refractivity contribution in [3.05, 3.63) is 23.1 Å². The molecule has 3 heterocycles. The molecule has 1 aliphatic rings. The van der Waals surface area contributed by atoms with Crippen LogP contribution in [0, 0.1) is 0 Å². The molecule has 0 aliphatic carbocycles. The summed E-state index contributed by atoms with van der Waals surface area (Å²) >= 11 is 0. The number of azide groups is 1. The fourth-order valence-electron chi connectivity index (χ4n) is 2.91. The van der Waals surface area contributed by atoms with Gasteiger partial charge in [0.25, 0.3) is 0 Å². The number of nitrogens with two attached hydrogens (primary N) is 1. The standard InChI is InChI=1S/C12H19N8O12P3/c13-10-7-11(16-4-15-10)20(5-17-7)12-9(22)8(21)6(30-12)3-29-34(25,26)32-35(27,28)31-33(23,24)2-1-18-19-14/h4-6,8-9,12,21-22H,1-3H2,(H,23,24)(H,25,26)(H,27,28)(H2,13,15,16)/t6-,8+,9?,12-/m1/s1. The van der Waals surface area contributed by atoms with E-state index in [-0.39, 0.29) is 17.0 Å². The average molecular weight is 560 g/mol. The minimum atomic E-state index is -5.63. The minimum absolute atomic E-state index is 0.0425. The first kappa shape index (κ1) is 27.6. The molecular weight excluding hydrogens is 541 g/mol. The maximum atomic E-state index is 12.1. The van der Waals surface area contributed by atoms with Gasteiger partial charge in [0, 0.05) is 11.5 Å². The van der Waals surface area contributed by atoms with Gasteiger partial charge in [0.05, 0.1) is 19.1 Å².